The lowest BCUT2D eigenvalue weighted by Gasteiger charge is -2.29. The molecular weight excluding hydrogens is 869 g/mol. The second-order valence-electron chi connectivity index (χ2n) is 18.2. The van der Waals surface area contributed by atoms with Gasteiger partial charge >= 0.3 is 0 Å². The standard InChI is InChI=1S/C29H33N5S.C29H31N5/c1-21(2)18-31-26-24-16-10-11-17-25(24)32-28(27(26)33-29(35)30-3)34(19-22-12-6-4-7-13-22)20-23-14-8-5-9-15-23;1-21(2)18-34-27-24-16-10-11-17-25(24)31-28(26(27)32-29(34)30-3)33(19-22-12-6-4-7-13-22)20-23-14-8-5-9-15-23/h4-17,21H,18-20H2,1-3H3,(H,31,32)(H2,30,33,35);4-17,21H,18-20H2,1-3H3,(H,30,32). The topological polar surface area (TPSA) is 98.2 Å². The molecule has 3 aromatic heterocycles. The van der Waals surface area contributed by atoms with Crippen LogP contribution in [0.25, 0.3) is 32.8 Å². The molecule has 0 aliphatic heterocycles. The van der Waals surface area contributed by atoms with E-state index in [0.717, 1.165) is 88.0 Å². The number of nitrogens with zero attached hydrogens (tertiary/aromatic N) is 6. The summed E-state index contributed by atoms with van der Waals surface area (Å²) in [6.45, 7) is 13.6. The van der Waals surface area contributed by atoms with Crippen molar-refractivity contribution in [2.24, 2.45) is 11.8 Å². The van der Waals surface area contributed by atoms with Crippen LogP contribution in [-0.2, 0) is 32.7 Å². The maximum atomic E-state index is 5.56. The minimum absolute atomic E-state index is 0.485. The van der Waals surface area contributed by atoms with Gasteiger partial charge in [-0.15, -0.1) is 0 Å². The molecule has 352 valence electrons. The third-order valence-electron chi connectivity index (χ3n) is 11.8. The number of nitrogens with one attached hydrogen (secondary N) is 4. The average Bonchev–Trinajstić information content (AvgIpc) is 3.74. The van der Waals surface area contributed by atoms with E-state index in [1.807, 2.05) is 32.3 Å². The van der Waals surface area contributed by atoms with E-state index in [0.29, 0.717) is 30.0 Å². The first-order chi connectivity index (χ1) is 33.7. The maximum Gasteiger partial charge on any atom is 0.203 e. The molecule has 0 aliphatic rings. The van der Waals surface area contributed by atoms with Gasteiger partial charge in [0.05, 0.1) is 22.2 Å². The smallest absolute Gasteiger partial charge is 0.203 e. The molecule has 0 atom stereocenters. The van der Waals surface area contributed by atoms with Gasteiger partial charge in [0.15, 0.2) is 16.7 Å². The summed E-state index contributed by atoms with van der Waals surface area (Å²) < 4.78 is 2.32. The van der Waals surface area contributed by atoms with Crippen molar-refractivity contribution in [3.05, 3.63) is 192 Å². The normalized spacial score (nSPS) is 11.1. The van der Waals surface area contributed by atoms with Crippen molar-refractivity contribution < 1.29 is 0 Å². The van der Waals surface area contributed by atoms with Crippen molar-refractivity contribution in [1.29, 1.82) is 0 Å². The van der Waals surface area contributed by atoms with Gasteiger partial charge in [-0.3, -0.25) is 0 Å². The van der Waals surface area contributed by atoms with Gasteiger partial charge in [0.1, 0.15) is 11.2 Å². The molecule has 0 fully saturated rings. The van der Waals surface area contributed by atoms with Crippen molar-refractivity contribution in [3.63, 3.8) is 0 Å². The van der Waals surface area contributed by atoms with Crippen molar-refractivity contribution in [2.45, 2.75) is 60.4 Å². The first-order valence-electron chi connectivity index (χ1n) is 24.0. The molecule has 6 aromatic carbocycles. The molecule has 10 nitrogen and oxygen atoms in total. The van der Waals surface area contributed by atoms with E-state index >= 15 is 0 Å². The van der Waals surface area contributed by atoms with Gasteiger partial charge in [-0.2, -0.15) is 0 Å². The molecule has 0 bridgehead atoms. The highest BCUT2D eigenvalue weighted by Crippen LogP contribution is 2.40. The number of fused-ring (bicyclic) bond motifs is 4. The molecule has 4 N–H and O–H groups in total. The number of benzene rings is 6. The van der Waals surface area contributed by atoms with Crippen LogP contribution in [-0.4, -0.2) is 45.3 Å². The lowest BCUT2D eigenvalue weighted by molar-refractivity contribution is 0.537. The zero-order valence-corrected chi connectivity index (χ0v) is 41.5. The zero-order chi connectivity index (χ0) is 48.1. The van der Waals surface area contributed by atoms with Crippen LogP contribution >= 0.6 is 12.2 Å². The highest BCUT2D eigenvalue weighted by Gasteiger charge is 2.24. The summed E-state index contributed by atoms with van der Waals surface area (Å²) >= 11 is 5.56. The first kappa shape index (κ1) is 48.0. The fourth-order valence-corrected chi connectivity index (χ4v) is 8.72. The van der Waals surface area contributed by atoms with Crippen LogP contribution in [0.15, 0.2) is 170 Å². The van der Waals surface area contributed by atoms with Crippen molar-refractivity contribution >= 4 is 79.1 Å². The molecule has 0 saturated carbocycles. The summed E-state index contributed by atoms with van der Waals surface area (Å²) in [6.07, 6.45) is 0. The Labute approximate surface area is 412 Å². The minimum Gasteiger partial charge on any atom is -0.382 e. The van der Waals surface area contributed by atoms with E-state index in [-0.39, 0.29) is 0 Å². The molecule has 0 spiro atoms. The van der Waals surface area contributed by atoms with Gasteiger partial charge in [0, 0.05) is 64.1 Å². The van der Waals surface area contributed by atoms with E-state index in [2.05, 4.69) is 215 Å². The number of imidazole rings is 1. The van der Waals surface area contributed by atoms with Crippen LogP contribution in [0.2, 0.25) is 0 Å². The van der Waals surface area contributed by atoms with E-state index in [1.165, 1.54) is 22.3 Å². The Balaban J connectivity index is 0.000000186. The Morgan fingerprint density at radius 2 is 0.957 bits per heavy atom. The molecule has 3 heterocycles. The number of aromatic nitrogens is 4. The summed E-state index contributed by atoms with van der Waals surface area (Å²) in [5, 5.41) is 16.3. The molecule has 69 heavy (non-hydrogen) atoms. The fraction of sp³-hybridized carbons (Fsp3) is 0.241. The van der Waals surface area contributed by atoms with Crippen molar-refractivity contribution in [3.8, 4) is 0 Å². The van der Waals surface area contributed by atoms with Crippen molar-refractivity contribution in [1.82, 2.24) is 24.8 Å². The molecule has 0 aliphatic carbocycles. The summed E-state index contributed by atoms with van der Waals surface area (Å²) in [5.74, 6) is 3.63. The van der Waals surface area contributed by atoms with Gasteiger partial charge in [0.25, 0.3) is 0 Å². The minimum atomic E-state index is 0.485. The number of anilines is 5. The van der Waals surface area contributed by atoms with Gasteiger partial charge in [-0.25, -0.2) is 15.0 Å². The van der Waals surface area contributed by atoms with E-state index in [4.69, 9.17) is 27.2 Å². The molecule has 0 saturated heterocycles. The summed E-state index contributed by atoms with van der Waals surface area (Å²) in [7, 11) is 3.77. The monoisotopic (exact) mass is 933 g/mol. The predicted octanol–water partition coefficient (Wildman–Crippen LogP) is 12.9. The Kier molecular flexibility index (Phi) is 16.0. The number of pyridine rings is 2. The SMILES string of the molecule is CNC(=S)Nc1c(N(Cc2ccccc2)Cc2ccccc2)nc2ccccc2c1NCC(C)C.CNc1nc2c(N(Cc3ccccc3)Cc3ccccc3)nc3ccccc3c2n1CC(C)C. The Morgan fingerprint density at radius 3 is 1.42 bits per heavy atom. The summed E-state index contributed by atoms with van der Waals surface area (Å²) in [5.41, 5.74) is 10.9. The summed E-state index contributed by atoms with van der Waals surface area (Å²) in [4.78, 5) is 20.1. The van der Waals surface area contributed by atoms with Crippen LogP contribution in [0.3, 0.4) is 0 Å². The van der Waals surface area contributed by atoms with Gasteiger partial charge in [-0.1, -0.05) is 185 Å². The third kappa shape index (κ3) is 12.0. The van der Waals surface area contributed by atoms with Crippen LogP contribution < -0.4 is 31.1 Å². The highest BCUT2D eigenvalue weighted by molar-refractivity contribution is 7.80. The molecule has 9 rings (SSSR count). The molecule has 0 amide bonds. The highest BCUT2D eigenvalue weighted by atomic mass is 32.1. The van der Waals surface area contributed by atoms with Gasteiger partial charge in [0.2, 0.25) is 5.95 Å². The van der Waals surface area contributed by atoms with Crippen LogP contribution in [0, 0.1) is 11.8 Å². The molecule has 0 radical (unpaired) electrons. The number of para-hydroxylation sites is 2. The lowest BCUT2D eigenvalue weighted by atomic mass is 10.1. The number of thiocarbonyl (C=S) groups is 1. The average molecular weight is 933 g/mol. The molecule has 0 unspecified atom stereocenters. The Bertz CT molecular complexity index is 2990. The molecule has 9 aromatic rings. The number of hydrogen-bond acceptors (Lipinski definition) is 8. The molecular formula is C58H64N10S. The summed E-state index contributed by atoms with van der Waals surface area (Å²) in [6, 6.07) is 58.9. The third-order valence-corrected chi connectivity index (χ3v) is 12.1. The second-order valence-corrected chi connectivity index (χ2v) is 18.6. The van der Waals surface area contributed by atoms with E-state index in [9.17, 15) is 0 Å². The lowest BCUT2D eigenvalue weighted by Crippen LogP contribution is -2.29. The maximum absolute atomic E-state index is 5.56. The number of rotatable bonds is 17. The van der Waals surface area contributed by atoms with E-state index in [1.54, 1.807) is 0 Å². The quantitative estimate of drug-likeness (QED) is 0.0661. The second kappa shape index (κ2) is 23.0. The largest absolute Gasteiger partial charge is 0.382 e. The Hall–Kier alpha value is -7.50. The van der Waals surface area contributed by atoms with E-state index < -0.39 is 0 Å². The Morgan fingerprint density at radius 1 is 0.522 bits per heavy atom. The first-order valence-corrected chi connectivity index (χ1v) is 24.4. The van der Waals surface area contributed by atoms with Crippen LogP contribution in [0.1, 0.15) is 49.9 Å². The fourth-order valence-electron chi connectivity index (χ4n) is 8.61. The van der Waals surface area contributed by atoms with Gasteiger partial charge in [-0.05, 0) is 58.4 Å². The number of hydrogen-bond donors (Lipinski definition) is 4. The van der Waals surface area contributed by atoms with Gasteiger partial charge < -0.3 is 35.6 Å². The van der Waals surface area contributed by atoms with Crippen LogP contribution in [0.5, 0.6) is 0 Å². The van der Waals surface area contributed by atoms with Crippen LogP contribution in [0.4, 0.5) is 29.0 Å². The molecule has 11 heteroatoms. The predicted molar refractivity (Wildman–Crippen MR) is 295 cm³/mol. The van der Waals surface area contributed by atoms with Crippen molar-refractivity contribution in [2.75, 3.05) is 46.4 Å². The zero-order valence-electron chi connectivity index (χ0n) is 40.7.